The summed E-state index contributed by atoms with van der Waals surface area (Å²) in [5.74, 6) is 0.00773. The van der Waals surface area contributed by atoms with Crippen molar-refractivity contribution >= 4 is 67.5 Å². The first kappa shape index (κ1) is 39.1. The molecule has 4 N–H and O–H groups in total. The van der Waals surface area contributed by atoms with Crippen LogP contribution in [0.2, 0.25) is 10.0 Å². The fourth-order valence-corrected chi connectivity index (χ4v) is 5.44. The van der Waals surface area contributed by atoms with E-state index in [2.05, 4.69) is 74.1 Å². The summed E-state index contributed by atoms with van der Waals surface area (Å²) in [6.45, 7) is 12.9. The monoisotopic (exact) mass is 764 g/mol. The second-order valence-corrected chi connectivity index (χ2v) is 14.8. The molecule has 11 heteroatoms. The SMILES string of the molecule is CC(C)(C)c1ccc2c(N=Nc3cc(Cl)ccc3O)c(O)ccc2c1.CC(C)(C)c1ccc2c(N=Nc3cc(Cl)ccc3O)c(O)ccc2c1.[Fe]. The summed E-state index contributed by atoms with van der Waals surface area (Å²) in [4.78, 5) is 0. The van der Waals surface area contributed by atoms with Crippen molar-refractivity contribution in [1.82, 2.24) is 0 Å². The van der Waals surface area contributed by atoms with E-state index in [0.29, 0.717) is 21.4 Å². The second-order valence-electron chi connectivity index (χ2n) is 13.9. The number of halogens is 2. The molecule has 0 saturated carbocycles. The molecule has 0 bridgehead atoms. The zero-order valence-corrected chi connectivity index (χ0v) is 31.5. The molecule has 0 fully saturated rings. The maximum Gasteiger partial charge on any atom is 0.143 e. The fourth-order valence-electron chi connectivity index (χ4n) is 5.11. The molecule has 8 nitrogen and oxygen atoms in total. The number of azo groups is 2. The number of nitrogens with zero attached hydrogens (tertiary/aromatic N) is 4. The van der Waals surface area contributed by atoms with Crippen molar-refractivity contribution in [2.75, 3.05) is 0 Å². The molecule has 6 aromatic carbocycles. The number of fused-ring (bicyclic) bond motifs is 2. The molecule has 0 amide bonds. The zero-order chi connectivity index (χ0) is 36.4. The van der Waals surface area contributed by atoms with Crippen LogP contribution in [0.5, 0.6) is 23.0 Å². The number of hydrogen-bond acceptors (Lipinski definition) is 8. The number of aromatic hydroxyl groups is 4. The van der Waals surface area contributed by atoms with E-state index in [1.807, 2.05) is 36.4 Å². The van der Waals surface area contributed by atoms with Gasteiger partial charge in [-0.25, -0.2) is 0 Å². The van der Waals surface area contributed by atoms with Gasteiger partial charge in [-0.05, 0) is 81.3 Å². The normalized spacial score (nSPS) is 11.9. The first-order chi connectivity index (χ1) is 23.5. The van der Waals surface area contributed by atoms with E-state index in [4.69, 9.17) is 23.2 Å². The molecular formula is C40H38Cl2FeN4O4. The third kappa shape index (κ3) is 9.37. The molecule has 0 spiro atoms. The number of hydrogen-bond donors (Lipinski definition) is 4. The van der Waals surface area contributed by atoms with Gasteiger partial charge in [0.1, 0.15) is 45.7 Å². The maximum absolute atomic E-state index is 10.2. The van der Waals surface area contributed by atoms with E-state index < -0.39 is 0 Å². The van der Waals surface area contributed by atoms with Crippen LogP contribution in [0.1, 0.15) is 52.7 Å². The van der Waals surface area contributed by atoms with Gasteiger partial charge in [0, 0.05) is 37.9 Å². The molecular weight excluding hydrogens is 727 g/mol. The zero-order valence-electron chi connectivity index (χ0n) is 28.9. The quantitative estimate of drug-likeness (QED) is 0.105. The minimum Gasteiger partial charge on any atom is -0.506 e. The molecule has 0 aliphatic rings. The van der Waals surface area contributed by atoms with Crippen molar-refractivity contribution in [3.63, 3.8) is 0 Å². The Hall–Kier alpha value is -4.66. The van der Waals surface area contributed by atoms with Gasteiger partial charge in [-0.15, -0.1) is 20.5 Å². The molecule has 0 aromatic heterocycles. The Morgan fingerprint density at radius 3 is 1.14 bits per heavy atom. The van der Waals surface area contributed by atoms with E-state index in [0.717, 1.165) is 21.5 Å². The van der Waals surface area contributed by atoms with Crippen molar-refractivity contribution < 1.29 is 37.5 Å². The molecule has 0 unspecified atom stereocenters. The van der Waals surface area contributed by atoms with E-state index >= 15 is 0 Å². The largest absolute Gasteiger partial charge is 0.506 e. The number of rotatable bonds is 4. The Morgan fingerprint density at radius 2 is 0.784 bits per heavy atom. The summed E-state index contributed by atoms with van der Waals surface area (Å²) in [5, 5.41) is 60.9. The van der Waals surface area contributed by atoms with E-state index in [9.17, 15) is 20.4 Å². The number of phenolic OH excluding ortho intramolecular Hbond substituents is 4. The Labute approximate surface area is 317 Å². The van der Waals surface area contributed by atoms with Gasteiger partial charge >= 0.3 is 0 Å². The number of benzene rings is 6. The van der Waals surface area contributed by atoms with Crippen molar-refractivity contribution in [1.29, 1.82) is 0 Å². The molecule has 0 aliphatic carbocycles. The van der Waals surface area contributed by atoms with Gasteiger partial charge in [-0.2, -0.15) is 0 Å². The van der Waals surface area contributed by atoms with Crippen LogP contribution < -0.4 is 0 Å². The molecule has 6 aromatic rings. The van der Waals surface area contributed by atoms with Crippen LogP contribution in [-0.4, -0.2) is 20.4 Å². The van der Waals surface area contributed by atoms with Gasteiger partial charge in [0.2, 0.25) is 0 Å². The standard InChI is InChI=1S/2C20H19ClN2O2.Fe/c2*1-20(2,3)13-5-7-15-12(10-13)4-8-18(25)19(15)23-22-16-11-14(21)6-9-17(16)24;/h2*4-11,24-25H,1-3H3;. The van der Waals surface area contributed by atoms with E-state index in [1.54, 1.807) is 24.3 Å². The Morgan fingerprint density at radius 1 is 0.431 bits per heavy atom. The van der Waals surface area contributed by atoms with Crippen LogP contribution in [-0.2, 0) is 27.9 Å². The first-order valence-corrected chi connectivity index (χ1v) is 16.6. The Bertz CT molecular complexity index is 2120. The Balaban J connectivity index is 0.000000224. The average molecular weight is 766 g/mol. The van der Waals surface area contributed by atoms with Crippen molar-refractivity contribution in [2.45, 2.75) is 52.4 Å². The first-order valence-electron chi connectivity index (χ1n) is 15.8. The van der Waals surface area contributed by atoms with Crippen molar-refractivity contribution in [3.8, 4) is 23.0 Å². The summed E-state index contributed by atoms with van der Waals surface area (Å²) in [6.07, 6.45) is 0. The maximum atomic E-state index is 10.2. The smallest absolute Gasteiger partial charge is 0.143 e. The molecule has 0 atom stereocenters. The second kappa shape index (κ2) is 15.7. The molecule has 0 heterocycles. The summed E-state index contributed by atoms with van der Waals surface area (Å²) in [5.41, 5.74) is 3.66. The predicted octanol–water partition coefficient (Wildman–Crippen LogP) is 13.2. The van der Waals surface area contributed by atoms with E-state index in [-0.39, 0.29) is 62.3 Å². The molecule has 0 radical (unpaired) electrons. The van der Waals surface area contributed by atoms with Crippen LogP contribution in [0.25, 0.3) is 21.5 Å². The van der Waals surface area contributed by atoms with E-state index in [1.165, 1.54) is 35.4 Å². The van der Waals surface area contributed by atoms with Crippen LogP contribution in [0.4, 0.5) is 22.7 Å². The van der Waals surface area contributed by atoms with Gasteiger partial charge in [0.05, 0.1) is 0 Å². The summed E-state index contributed by atoms with van der Waals surface area (Å²) >= 11 is 11.8. The topological polar surface area (TPSA) is 130 Å². The van der Waals surface area contributed by atoms with Gasteiger partial charge in [0.15, 0.2) is 0 Å². The van der Waals surface area contributed by atoms with Crippen LogP contribution in [0, 0.1) is 0 Å². The van der Waals surface area contributed by atoms with Gasteiger partial charge < -0.3 is 20.4 Å². The molecule has 264 valence electrons. The fraction of sp³-hybridized carbons (Fsp3) is 0.200. The van der Waals surface area contributed by atoms with Crippen LogP contribution in [0.3, 0.4) is 0 Å². The molecule has 51 heavy (non-hydrogen) atoms. The number of phenols is 4. The molecule has 0 saturated heterocycles. The van der Waals surface area contributed by atoms with Gasteiger partial charge in [-0.1, -0.05) is 113 Å². The third-order valence-electron chi connectivity index (χ3n) is 8.06. The molecule has 0 aliphatic heterocycles. The van der Waals surface area contributed by atoms with Gasteiger partial charge in [-0.3, -0.25) is 0 Å². The van der Waals surface area contributed by atoms with Crippen LogP contribution in [0.15, 0.2) is 118 Å². The summed E-state index contributed by atoms with van der Waals surface area (Å²) in [6, 6.07) is 28.1. The predicted molar refractivity (Wildman–Crippen MR) is 203 cm³/mol. The summed E-state index contributed by atoms with van der Waals surface area (Å²) < 4.78 is 0. The Kier molecular flexibility index (Phi) is 12.0. The van der Waals surface area contributed by atoms with Crippen LogP contribution >= 0.6 is 23.2 Å². The summed E-state index contributed by atoms with van der Waals surface area (Å²) in [7, 11) is 0. The minimum absolute atomic E-state index is 0. The average Bonchev–Trinajstić information content (AvgIpc) is 3.05. The van der Waals surface area contributed by atoms with Crippen molar-refractivity contribution in [2.24, 2.45) is 20.5 Å². The van der Waals surface area contributed by atoms with Crippen molar-refractivity contribution in [3.05, 3.63) is 118 Å². The molecule has 6 rings (SSSR count). The minimum atomic E-state index is -0.0251. The third-order valence-corrected chi connectivity index (χ3v) is 8.53. The van der Waals surface area contributed by atoms with Gasteiger partial charge in [0.25, 0.3) is 0 Å².